The molecule has 4 nitrogen and oxygen atoms in total. The molecule has 2 aromatic carbocycles. The van der Waals surface area contributed by atoms with Crippen molar-refractivity contribution in [1.82, 2.24) is 0 Å². The molecule has 0 saturated carbocycles. The molecule has 96 valence electrons. The van der Waals surface area contributed by atoms with E-state index in [1.807, 2.05) is 42.5 Å². The number of nitrogens with one attached hydrogen (secondary N) is 1. The lowest BCUT2D eigenvalue weighted by atomic mass is 9.88. The summed E-state index contributed by atoms with van der Waals surface area (Å²) in [6.07, 6.45) is 0. The first-order valence-corrected chi connectivity index (χ1v) is 6.10. The first kappa shape index (κ1) is 11.6. The molecule has 0 saturated heterocycles. The molecule has 0 aromatic heterocycles. The van der Waals surface area contributed by atoms with Crippen molar-refractivity contribution in [2.75, 3.05) is 11.1 Å². The molecule has 1 aliphatic heterocycles. The van der Waals surface area contributed by atoms with E-state index in [2.05, 4.69) is 5.32 Å². The summed E-state index contributed by atoms with van der Waals surface area (Å²) in [5.41, 5.74) is 9.23. The zero-order valence-electron chi connectivity index (χ0n) is 10.2. The van der Waals surface area contributed by atoms with Gasteiger partial charge in [-0.25, -0.2) is 4.79 Å². The third kappa shape index (κ3) is 1.91. The maximum atomic E-state index is 11.4. The van der Waals surface area contributed by atoms with Gasteiger partial charge in [-0.05, 0) is 29.3 Å². The fourth-order valence-electron chi connectivity index (χ4n) is 2.64. The standard InChI is InChI=1S/C15H14N2O2/c16-10-6-7-12-11(8-10)13(14(17-12)15(18)19)9-4-2-1-3-5-9/h1-8,13-14,17H,16H2,(H,18,19). The van der Waals surface area contributed by atoms with Gasteiger partial charge in [-0.3, -0.25) is 0 Å². The summed E-state index contributed by atoms with van der Waals surface area (Å²) in [7, 11) is 0. The highest BCUT2D eigenvalue weighted by Crippen LogP contribution is 2.41. The highest BCUT2D eigenvalue weighted by atomic mass is 16.4. The van der Waals surface area contributed by atoms with Crippen LogP contribution in [0.3, 0.4) is 0 Å². The van der Waals surface area contributed by atoms with Gasteiger partial charge in [-0.15, -0.1) is 0 Å². The van der Waals surface area contributed by atoms with Crippen LogP contribution in [-0.2, 0) is 4.79 Å². The van der Waals surface area contributed by atoms with Crippen LogP contribution in [-0.4, -0.2) is 17.1 Å². The summed E-state index contributed by atoms with van der Waals surface area (Å²) >= 11 is 0. The minimum Gasteiger partial charge on any atom is -0.480 e. The van der Waals surface area contributed by atoms with Crippen molar-refractivity contribution in [3.8, 4) is 0 Å². The molecule has 0 fully saturated rings. The number of nitrogens with two attached hydrogens (primary N) is 1. The van der Waals surface area contributed by atoms with Gasteiger partial charge in [0.15, 0.2) is 0 Å². The van der Waals surface area contributed by atoms with Crippen molar-refractivity contribution in [2.45, 2.75) is 12.0 Å². The summed E-state index contributed by atoms with van der Waals surface area (Å²) in [5, 5.41) is 12.4. The number of carboxylic acids is 1. The predicted molar refractivity (Wildman–Crippen MR) is 74.2 cm³/mol. The number of carbonyl (C=O) groups is 1. The Morgan fingerprint density at radius 3 is 2.58 bits per heavy atom. The van der Waals surface area contributed by atoms with Crippen molar-refractivity contribution in [1.29, 1.82) is 0 Å². The van der Waals surface area contributed by atoms with Crippen LogP contribution in [0.1, 0.15) is 17.0 Å². The third-order valence-corrected chi connectivity index (χ3v) is 3.48. The molecule has 0 bridgehead atoms. The highest BCUT2D eigenvalue weighted by Gasteiger charge is 2.37. The van der Waals surface area contributed by atoms with Crippen molar-refractivity contribution in [3.05, 3.63) is 59.7 Å². The van der Waals surface area contributed by atoms with Gasteiger partial charge in [0.25, 0.3) is 0 Å². The van der Waals surface area contributed by atoms with Crippen LogP contribution >= 0.6 is 0 Å². The fourth-order valence-corrected chi connectivity index (χ4v) is 2.64. The fraction of sp³-hybridized carbons (Fsp3) is 0.133. The van der Waals surface area contributed by atoms with Gasteiger partial charge < -0.3 is 16.2 Å². The van der Waals surface area contributed by atoms with E-state index in [9.17, 15) is 9.90 Å². The van der Waals surface area contributed by atoms with Gasteiger partial charge in [-0.2, -0.15) is 0 Å². The average Bonchev–Trinajstić information content (AvgIpc) is 2.78. The highest BCUT2D eigenvalue weighted by molar-refractivity contribution is 5.84. The molecule has 0 spiro atoms. The molecular weight excluding hydrogens is 240 g/mol. The van der Waals surface area contributed by atoms with E-state index < -0.39 is 12.0 Å². The Bertz CT molecular complexity index is 625. The van der Waals surface area contributed by atoms with Crippen LogP contribution < -0.4 is 11.1 Å². The zero-order valence-corrected chi connectivity index (χ0v) is 10.2. The zero-order chi connectivity index (χ0) is 13.4. The van der Waals surface area contributed by atoms with Crippen LogP contribution in [0.2, 0.25) is 0 Å². The minimum atomic E-state index is -0.858. The van der Waals surface area contributed by atoms with Gasteiger partial charge in [0.2, 0.25) is 0 Å². The van der Waals surface area contributed by atoms with Crippen LogP contribution in [0.4, 0.5) is 11.4 Å². The Hall–Kier alpha value is -2.49. The van der Waals surface area contributed by atoms with E-state index >= 15 is 0 Å². The minimum absolute atomic E-state index is 0.211. The number of benzene rings is 2. The number of nitrogen functional groups attached to an aromatic ring is 1. The molecule has 19 heavy (non-hydrogen) atoms. The van der Waals surface area contributed by atoms with Gasteiger partial charge in [-0.1, -0.05) is 30.3 Å². The lowest BCUT2D eigenvalue weighted by Crippen LogP contribution is -2.30. The molecule has 4 N–H and O–H groups in total. The smallest absolute Gasteiger partial charge is 0.327 e. The first-order chi connectivity index (χ1) is 9.16. The SMILES string of the molecule is Nc1ccc2c(c1)C(c1ccccc1)C(C(=O)O)N2. The molecule has 3 rings (SSSR count). The Labute approximate surface area is 110 Å². The Morgan fingerprint density at radius 2 is 1.89 bits per heavy atom. The molecule has 0 amide bonds. The maximum absolute atomic E-state index is 11.4. The molecule has 2 aromatic rings. The predicted octanol–water partition coefficient (Wildman–Crippen LogP) is 2.28. The molecule has 2 atom stereocenters. The molecule has 1 aliphatic rings. The van der Waals surface area contributed by atoms with E-state index in [0.29, 0.717) is 5.69 Å². The number of rotatable bonds is 2. The lowest BCUT2D eigenvalue weighted by molar-refractivity contribution is -0.138. The van der Waals surface area contributed by atoms with E-state index in [-0.39, 0.29) is 5.92 Å². The summed E-state index contributed by atoms with van der Waals surface area (Å²) in [5.74, 6) is -1.07. The monoisotopic (exact) mass is 254 g/mol. The number of anilines is 2. The largest absolute Gasteiger partial charge is 0.480 e. The second-order valence-electron chi connectivity index (χ2n) is 4.70. The van der Waals surface area contributed by atoms with E-state index in [1.165, 1.54) is 0 Å². The first-order valence-electron chi connectivity index (χ1n) is 6.10. The van der Waals surface area contributed by atoms with Crippen molar-refractivity contribution >= 4 is 17.3 Å². The average molecular weight is 254 g/mol. The van der Waals surface area contributed by atoms with Gasteiger partial charge in [0, 0.05) is 17.3 Å². The molecular formula is C15H14N2O2. The van der Waals surface area contributed by atoms with Crippen LogP contribution in [0, 0.1) is 0 Å². The Balaban J connectivity index is 2.14. The van der Waals surface area contributed by atoms with Crippen LogP contribution in [0.15, 0.2) is 48.5 Å². The topological polar surface area (TPSA) is 75.4 Å². The second-order valence-corrected chi connectivity index (χ2v) is 4.70. The van der Waals surface area contributed by atoms with Gasteiger partial charge in [0.05, 0.1) is 0 Å². The van der Waals surface area contributed by atoms with E-state index in [4.69, 9.17) is 5.73 Å². The van der Waals surface area contributed by atoms with Crippen molar-refractivity contribution in [2.24, 2.45) is 0 Å². The van der Waals surface area contributed by atoms with E-state index in [0.717, 1.165) is 16.8 Å². The Kier molecular flexibility index (Phi) is 2.63. The molecule has 0 radical (unpaired) electrons. The number of hydrogen-bond donors (Lipinski definition) is 3. The lowest BCUT2D eigenvalue weighted by Gasteiger charge is -2.17. The molecule has 2 unspecified atom stereocenters. The number of hydrogen-bond acceptors (Lipinski definition) is 3. The van der Waals surface area contributed by atoms with Crippen LogP contribution in [0.5, 0.6) is 0 Å². The summed E-state index contributed by atoms with van der Waals surface area (Å²) in [6, 6.07) is 14.4. The molecule has 0 aliphatic carbocycles. The Morgan fingerprint density at radius 1 is 1.16 bits per heavy atom. The van der Waals surface area contributed by atoms with Crippen molar-refractivity contribution in [3.63, 3.8) is 0 Å². The molecule has 4 heteroatoms. The summed E-state index contributed by atoms with van der Waals surface area (Å²) in [6.45, 7) is 0. The number of aliphatic carboxylic acids is 1. The summed E-state index contributed by atoms with van der Waals surface area (Å²) in [4.78, 5) is 11.4. The van der Waals surface area contributed by atoms with Gasteiger partial charge in [0.1, 0.15) is 6.04 Å². The van der Waals surface area contributed by atoms with Gasteiger partial charge >= 0.3 is 5.97 Å². The van der Waals surface area contributed by atoms with E-state index in [1.54, 1.807) is 6.07 Å². The third-order valence-electron chi connectivity index (χ3n) is 3.48. The number of carboxylic acid groups (broad SMARTS) is 1. The molecule has 1 heterocycles. The van der Waals surface area contributed by atoms with Crippen LogP contribution in [0.25, 0.3) is 0 Å². The maximum Gasteiger partial charge on any atom is 0.327 e. The normalized spacial score (nSPS) is 20.6. The second kappa shape index (κ2) is 4.31. The summed E-state index contributed by atoms with van der Waals surface area (Å²) < 4.78 is 0. The van der Waals surface area contributed by atoms with Crippen molar-refractivity contribution < 1.29 is 9.90 Å². The quantitative estimate of drug-likeness (QED) is 0.719. The number of fused-ring (bicyclic) bond motifs is 1.